The van der Waals surface area contributed by atoms with E-state index < -0.39 is 0 Å². The van der Waals surface area contributed by atoms with Crippen molar-refractivity contribution in [2.24, 2.45) is 0 Å². The molecule has 0 amide bonds. The molecule has 0 saturated carbocycles. The SMILES string of the molecule is COc1ccc(-n2nnc(C)c2COc2cc3c(cn2)CN(C2CCO2)CC3)cn1. The summed E-state index contributed by atoms with van der Waals surface area (Å²) in [6.45, 7) is 4.99. The zero-order chi connectivity index (χ0) is 20.5. The van der Waals surface area contributed by atoms with Gasteiger partial charge in [0.25, 0.3) is 0 Å². The van der Waals surface area contributed by atoms with Crippen molar-refractivity contribution in [1.82, 2.24) is 29.9 Å². The summed E-state index contributed by atoms with van der Waals surface area (Å²) in [5.74, 6) is 1.16. The predicted octanol–water partition coefficient (Wildman–Crippen LogP) is 2.06. The second kappa shape index (κ2) is 8.00. The van der Waals surface area contributed by atoms with Gasteiger partial charge in [-0.2, -0.15) is 0 Å². The van der Waals surface area contributed by atoms with Crippen molar-refractivity contribution in [2.45, 2.75) is 39.1 Å². The number of hydrogen-bond donors (Lipinski definition) is 0. The highest BCUT2D eigenvalue weighted by molar-refractivity contribution is 5.34. The van der Waals surface area contributed by atoms with E-state index in [-0.39, 0.29) is 6.23 Å². The van der Waals surface area contributed by atoms with Gasteiger partial charge in [-0.15, -0.1) is 5.10 Å². The Morgan fingerprint density at radius 1 is 1.17 bits per heavy atom. The van der Waals surface area contributed by atoms with Crippen LogP contribution in [-0.2, 0) is 24.3 Å². The first kappa shape index (κ1) is 19.0. The highest BCUT2D eigenvalue weighted by Crippen LogP contribution is 2.27. The van der Waals surface area contributed by atoms with Crippen LogP contribution in [0.5, 0.6) is 11.8 Å². The van der Waals surface area contributed by atoms with Crippen LogP contribution in [0.3, 0.4) is 0 Å². The van der Waals surface area contributed by atoms with Crippen LogP contribution in [0.15, 0.2) is 30.6 Å². The van der Waals surface area contributed by atoms with E-state index in [1.807, 2.05) is 25.3 Å². The van der Waals surface area contributed by atoms with Gasteiger partial charge in [-0.1, -0.05) is 5.21 Å². The minimum atomic E-state index is 0.275. The molecule has 1 atom stereocenters. The molecule has 1 fully saturated rings. The smallest absolute Gasteiger partial charge is 0.213 e. The molecule has 9 heteroatoms. The number of aromatic nitrogens is 5. The van der Waals surface area contributed by atoms with Gasteiger partial charge in [-0.3, -0.25) is 4.90 Å². The maximum atomic E-state index is 6.02. The first-order chi connectivity index (χ1) is 14.7. The van der Waals surface area contributed by atoms with Crippen molar-refractivity contribution in [3.05, 3.63) is 53.1 Å². The van der Waals surface area contributed by atoms with Crippen LogP contribution in [0.25, 0.3) is 5.69 Å². The summed E-state index contributed by atoms with van der Waals surface area (Å²) in [6.07, 6.45) is 5.99. The van der Waals surface area contributed by atoms with Crippen molar-refractivity contribution < 1.29 is 14.2 Å². The van der Waals surface area contributed by atoms with Gasteiger partial charge in [-0.05, 0) is 30.5 Å². The van der Waals surface area contributed by atoms with E-state index in [2.05, 4.69) is 25.2 Å². The summed E-state index contributed by atoms with van der Waals surface area (Å²) in [6, 6.07) is 5.73. The summed E-state index contributed by atoms with van der Waals surface area (Å²) in [7, 11) is 1.59. The number of ether oxygens (including phenoxy) is 3. The van der Waals surface area contributed by atoms with E-state index in [0.29, 0.717) is 18.4 Å². The number of pyridine rings is 2. The molecule has 0 aromatic carbocycles. The van der Waals surface area contributed by atoms with E-state index in [9.17, 15) is 0 Å². The molecule has 0 radical (unpaired) electrons. The number of rotatable bonds is 6. The standard InChI is InChI=1S/C21H24N6O3/c1-14-18(27(25-24-14)17-3-4-19(28-2)23-11-17)13-30-20-9-15-5-7-26(21-6-8-29-21)12-16(15)10-22-20/h3-4,9-11,21H,5-8,12-13H2,1-2H3. The third kappa shape index (κ3) is 3.61. The van der Waals surface area contributed by atoms with Crippen molar-refractivity contribution in [3.63, 3.8) is 0 Å². The van der Waals surface area contributed by atoms with Crippen molar-refractivity contribution in [1.29, 1.82) is 0 Å². The fraction of sp³-hybridized carbons (Fsp3) is 0.429. The molecule has 0 bridgehead atoms. The Bertz CT molecular complexity index is 1030. The first-order valence-electron chi connectivity index (χ1n) is 10.1. The number of hydrogen-bond acceptors (Lipinski definition) is 8. The maximum absolute atomic E-state index is 6.02. The molecule has 2 aliphatic heterocycles. The fourth-order valence-electron chi connectivity index (χ4n) is 3.79. The molecule has 9 nitrogen and oxygen atoms in total. The molecule has 0 spiro atoms. The third-order valence-electron chi connectivity index (χ3n) is 5.67. The highest BCUT2D eigenvalue weighted by Gasteiger charge is 2.29. The minimum Gasteiger partial charge on any atom is -0.481 e. The quantitative estimate of drug-likeness (QED) is 0.613. The Balaban J connectivity index is 1.29. The number of methoxy groups -OCH3 is 1. The summed E-state index contributed by atoms with van der Waals surface area (Å²) in [5.41, 5.74) is 5.00. The van der Waals surface area contributed by atoms with E-state index in [1.165, 1.54) is 11.1 Å². The molecule has 5 heterocycles. The van der Waals surface area contributed by atoms with E-state index >= 15 is 0 Å². The topological polar surface area (TPSA) is 87.4 Å². The molecule has 156 valence electrons. The van der Waals surface area contributed by atoms with Crippen LogP contribution in [-0.4, -0.2) is 56.4 Å². The summed E-state index contributed by atoms with van der Waals surface area (Å²) in [4.78, 5) is 11.1. The van der Waals surface area contributed by atoms with Crippen LogP contribution in [0, 0.1) is 6.92 Å². The predicted molar refractivity (Wildman–Crippen MR) is 107 cm³/mol. The van der Waals surface area contributed by atoms with Crippen molar-refractivity contribution in [3.8, 4) is 17.4 Å². The van der Waals surface area contributed by atoms with Crippen LogP contribution in [0.2, 0.25) is 0 Å². The van der Waals surface area contributed by atoms with Gasteiger partial charge in [0.15, 0.2) is 0 Å². The molecule has 30 heavy (non-hydrogen) atoms. The molecule has 0 aliphatic carbocycles. The summed E-state index contributed by atoms with van der Waals surface area (Å²) >= 11 is 0. The first-order valence-corrected chi connectivity index (χ1v) is 10.1. The van der Waals surface area contributed by atoms with Gasteiger partial charge in [0.05, 0.1) is 31.3 Å². The number of fused-ring (bicyclic) bond motifs is 1. The maximum Gasteiger partial charge on any atom is 0.213 e. The molecule has 3 aromatic heterocycles. The van der Waals surface area contributed by atoms with Crippen LogP contribution >= 0.6 is 0 Å². The Kier molecular flexibility index (Phi) is 5.06. The lowest BCUT2D eigenvalue weighted by Crippen LogP contribution is -2.46. The zero-order valence-corrected chi connectivity index (χ0v) is 17.1. The molecule has 3 aromatic rings. The lowest BCUT2D eigenvalue weighted by Gasteiger charge is -2.39. The largest absolute Gasteiger partial charge is 0.481 e. The summed E-state index contributed by atoms with van der Waals surface area (Å²) in [5, 5.41) is 8.42. The molecule has 5 rings (SSSR count). The van der Waals surface area contributed by atoms with Crippen LogP contribution < -0.4 is 9.47 Å². The fourth-order valence-corrected chi connectivity index (χ4v) is 3.79. The second-order valence-electron chi connectivity index (χ2n) is 7.51. The lowest BCUT2D eigenvalue weighted by atomic mass is 10.0. The van der Waals surface area contributed by atoms with Gasteiger partial charge < -0.3 is 14.2 Å². The molecule has 1 unspecified atom stereocenters. The summed E-state index contributed by atoms with van der Waals surface area (Å²) < 4.78 is 18.5. The van der Waals surface area contributed by atoms with Crippen molar-refractivity contribution >= 4 is 0 Å². The van der Waals surface area contributed by atoms with Gasteiger partial charge >= 0.3 is 0 Å². The normalized spacial score (nSPS) is 18.5. The minimum absolute atomic E-state index is 0.275. The van der Waals surface area contributed by atoms with Gasteiger partial charge in [0.1, 0.15) is 18.5 Å². The third-order valence-corrected chi connectivity index (χ3v) is 5.67. The Morgan fingerprint density at radius 3 is 2.77 bits per heavy atom. The average Bonchev–Trinajstić information content (AvgIpc) is 3.11. The van der Waals surface area contributed by atoms with E-state index in [1.54, 1.807) is 24.1 Å². The highest BCUT2D eigenvalue weighted by atomic mass is 16.5. The average molecular weight is 408 g/mol. The van der Waals surface area contributed by atoms with Gasteiger partial charge in [0.2, 0.25) is 11.8 Å². The monoisotopic (exact) mass is 408 g/mol. The van der Waals surface area contributed by atoms with Crippen molar-refractivity contribution in [2.75, 3.05) is 20.3 Å². The van der Waals surface area contributed by atoms with Gasteiger partial charge in [0, 0.05) is 37.8 Å². The molecular formula is C21H24N6O3. The molecule has 2 aliphatic rings. The van der Waals surface area contributed by atoms with Crippen LogP contribution in [0.4, 0.5) is 0 Å². The lowest BCUT2D eigenvalue weighted by molar-refractivity contribution is -0.149. The van der Waals surface area contributed by atoms with E-state index in [4.69, 9.17) is 14.2 Å². The Morgan fingerprint density at radius 2 is 2.03 bits per heavy atom. The molecular weight excluding hydrogens is 384 g/mol. The molecule has 0 N–H and O–H groups in total. The zero-order valence-electron chi connectivity index (χ0n) is 17.1. The van der Waals surface area contributed by atoms with Crippen LogP contribution in [0.1, 0.15) is 28.9 Å². The van der Waals surface area contributed by atoms with Gasteiger partial charge in [-0.25, -0.2) is 14.6 Å². The second-order valence-corrected chi connectivity index (χ2v) is 7.51. The Labute approximate surface area is 174 Å². The Hall–Kier alpha value is -3.04. The number of aryl methyl sites for hydroxylation is 1. The van der Waals surface area contributed by atoms with E-state index in [0.717, 1.165) is 49.6 Å². The number of nitrogens with zero attached hydrogens (tertiary/aromatic N) is 6. The molecule has 1 saturated heterocycles.